The summed E-state index contributed by atoms with van der Waals surface area (Å²) in [6.45, 7) is 4.19. The van der Waals surface area contributed by atoms with Gasteiger partial charge in [-0.05, 0) is 39.1 Å². The van der Waals surface area contributed by atoms with Gasteiger partial charge >= 0.3 is 0 Å². The second-order valence-corrected chi connectivity index (χ2v) is 4.32. The SMILES string of the molecule is CNCC(=O)Nc1ccc(-n2nc(C)cc2C)nc1.Cl.Cl. The molecule has 0 unspecified atom stereocenters. The maximum atomic E-state index is 11.4. The first-order valence-corrected chi connectivity index (χ1v) is 6.04. The zero-order valence-corrected chi connectivity index (χ0v) is 13.7. The number of rotatable bonds is 4. The summed E-state index contributed by atoms with van der Waals surface area (Å²) in [6.07, 6.45) is 1.62. The van der Waals surface area contributed by atoms with Gasteiger partial charge in [0.05, 0.1) is 24.1 Å². The Bertz CT molecular complexity index is 583. The van der Waals surface area contributed by atoms with Crippen molar-refractivity contribution in [3.05, 3.63) is 35.8 Å². The van der Waals surface area contributed by atoms with Crippen molar-refractivity contribution in [3.8, 4) is 5.82 Å². The number of nitrogens with zero attached hydrogens (tertiary/aromatic N) is 3. The van der Waals surface area contributed by atoms with E-state index in [4.69, 9.17) is 0 Å². The maximum absolute atomic E-state index is 11.4. The van der Waals surface area contributed by atoms with Crippen LogP contribution in [0.4, 0.5) is 5.69 Å². The fourth-order valence-electron chi connectivity index (χ4n) is 1.81. The highest BCUT2D eigenvalue weighted by Gasteiger charge is 2.06. The third-order valence-corrected chi connectivity index (χ3v) is 2.60. The molecule has 116 valence electrons. The minimum Gasteiger partial charge on any atom is -0.324 e. The second-order valence-electron chi connectivity index (χ2n) is 4.32. The van der Waals surface area contributed by atoms with Crippen LogP contribution in [0, 0.1) is 13.8 Å². The van der Waals surface area contributed by atoms with E-state index < -0.39 is 0 Å². The van der Waals surface area contributed by atoms with Crippen LogP contribution in [0.15, 0.2) is 24.4 Å². The third kappa shape index (κ3) is 5.00. The molecule has 0 bridgehead atoms. The Morgan fingerprint density at radius 3 is 2.48 bits per heavy atom. The molecular formula is C13H19Cl2N5O. The van der Waals surface area contributed by atoms with Crippen LogP contribution in [0.5, 0.6) is 0 Å². The zero-order valence-electron chi connectivity index (χ0n) is 12.1. The molecule has 0 saturated carbocycles. The van der Waals surface area contributed by atoms with Crippen LogP contribution in [0.25, 0.3) is 5.82 Å². The van der Waals surface area contributed by atoms with Crippen molar-refractivity contribution >= 4 is 36.4 Å². The topological polar surface area (TPSA) is 71.8 Å². The molecule has 0 aliphatic rings. The molecule has 8 heteroatoms. The van der Waals surface area contributed by atoms with Gasteiger partial charge in [0.2, 0.25) is 5.91 Å². The lowest BCUT2D eigenvalue weighted by Crippen LogP contribution is -2.25. The van der Waals surface area contributed by atoms with Crippen molar-refractivity contribution in [2.75, 3.05) is 18.9 Å². The Morgan fingerprint density at radius 2 is 2.00 bits per heavy atom. The summed E-state index contributed by atoms with van der Waals surface area (Å²) in [7, 11) is 1.73. The third-order valence-electron chi connectivity index (χ3n) is 2.60. The minimum atomic E-state index is -0.0943. The van der Waals surface area contributed by atoms with Crippen LogP contribution >= 0.6 is 24.8 Å². The van der Waals surface area contributed by atoms with E-state index in [0.29, 0.717) is 5.69 Å². The molecule has 0 saturated heterocycles. The average molecular weight is 332 g/mol. The van der Waals surface area contributed by atoms with Crippen molar-refractivity contribution < 1.29 is 4.79 Å². The van der Waals surface area contributed by atoms with Gasteiger partial charge in [-0.3, -0.25) is 4.79 Å². The van der Waals surface area contributed by atoms with Crippen LogP contribution in [0.1, 0.15) is 11.4 Å². The van der Waals surface area contributed by atoms with E-state index in [2.05, 4.69) is 20.7 Å². The number of pyridine rings is 1. The number of amides is 1. The average Bonchev–Trinajstić information content (AvgIpc) is 2.70. The Balaban J connectivity index is 0.00000200. The smallest absolute Gasteiger partial charge is 0.238 e. The number of hydrogen-bond acceptors (Lipinski definition) is 4. The van der Waals surface area contributed by atoms with Gasteiger partial charge in [-0.2, -0.15) is 5.10 Å². The highest BCUT2D eigenvalue weighted by Crippen LogP contribution is 2.12. The number of likely N-dealkylation sites (N-methyl/N-ethyl adjacent to an activating group) is 1. The van der Waals surface area contributed by atoms with E-state index in [1.165, 1.54) is 0 Å². The van der Waals surface area contributed by atoms with Crippen LogP contribution in [0.2, 0.25) is 0 Å². The number of carbonyl (C=O) groups excluding carboxylic acids is 1. The largest absolute Gasteiger partial charge is 0.324 e. The van der Waals surface area contributed by atoms with Gasteiger partial charge in [-0.25, -0.2) is 9.67 Å². The Kier molecular flexibility index (Phi) is 7.94. The summed E-state index contributed by atoms with van der Waals surface area (Å²) >= 11 is 0. The van der Waals surface area contributed by atoms with E-state index >= 15 is 0 Å². The van der Waals surface area contributed by atoms with Crippen LogP contribution in [-0.2, 0) is 4.79 Å². The number of nitrogens with one attached hydrogen (secondary N) is 2. The molecular weight excluding hydrogens is 313 g/mol. The predicted octanol–water partition coefficient (Wildman–Crippen LogP) is 1.89. The molecule has 0 atom stereocenters. The molecule has 2 rings (SSSR count). The molecule has 2 N–H and O–H groups in total. The van der Waals surface area contributed by atoms with E-state index in [-0.39, 0.29) is 37.3 Å². The standard InChI is InChI=1S/C13H17N5O.2ClH/c1-9-6-10(2)18(17-9)12-5-4-11(7-15-12)16-13(19)8-14-3;;/h4-7,14H,8H2,1-3H3,(H,16,19);2*1H. The van der Waals surface area contributed by atoms with Gasteiger partial charge in [-0.1, -0.05) is 0 Å². The van der Waals surface area contributed by atoms with Crippen molar-refractivity contribution in [1.82, 2.24) is 20.1 Å². The Labute approximate surface area is 136 Å². The van der Waals surface area contributed by atoms with Crippen molar-refractivity contribution in [1.29, 1.82) is 0 Å². The molecule has 2 aromatic heterocycles. The molecule has 0 aliphatic heterocycles. The molecule has 2 heterocycles. The predicted molar refractivity (Wildman–Crippen MR) is 87.9 cm³/mol. The van der Waals surface area contributed by atoms with Gasteiger partial charge < -0.3 is 10.6 Å². The lowest BCUT2D eigenvalue weighted by atomic mass is 10.3. The lowest BCUT2D eigenvalue weighted by molar-refractivity contribution is -0.115. The molecule has 0 radical (unpaired) electrons. The highest BCUT2D eigenvalue weighted by atomic mass is 35.5. The number of carbonyl (C=O) groups is 1. The Hall–Kier alpha value is -1.63. The number of aryl methyl sites for hydroxylation is 2. The van der Waals surface area contributed by atoms with E-state index in [9.17, 15) is 4.79 Å². The molecule has 6 nitrogen and oxygen atoms in total. The molecule has 0 fully saturated rings. The van der Waals surface area contributed by atoms with E-state index in [1.807, 2.05) is 32.0 Å². The summed E-state index contributed by atoms with van der Waals surface area (Å²) < 4.78 is 1.77. The Morgan fingerprint density at radius 1 is 1.29 bits per heavy atom. The maximum Gasteiger partial charge on any atom is 0.238 e. The fourth-order valence-corrected chi connectivity index (χ4v) is 1.81. The van der Waals surface area contributed by atoms with Crippen LogP contribution in [0.3, 0.4) is 0 Å². The summed E-state index contributed by atoms with van der Waals surface area (Å²) in [4.78, 5) is 15.7. The van der Waals surface area contributed by atoms with Gasteiger partial charge in [0.15, 0.2) is 5.82 Å². The van der Waals surface area contributed by atoms with Crippen molar-refractivity contribution in [2.24, 2.45) is 0 Å². The second kappa shape index (κ2) is 8.61. The number of aromatic nitrogens is 3. The molecule has 21 heavy (non-hydrogen) atoms. The molecule has 2 aromatic rings. The first-order chi connectivity index (χ1) is 9.10. The number of hydrogen-bond donors (Lipinski definition) is 2. The monoisotopic (exact) mass is 331 g/mol. The molecule has 0 aromatic carbocycles. The fraction of sp³-hybridized carbons (Fsp3) is 0.308. The summed E-state index contributed by atoms with van der Waals surface area (Å²) in [5.41, 5.74) is 2.65. The van der Waals surface area contributed by atoms with E-state index in [1.54, 1.807) is 17.9 Å². The van der Waals surface area contributed by atoms with Gasteiger partial charge in [0.25, 0.3) is 0 Å². The first kappa shape index (κ1) is 19.4. The van der Waals surface area contributed by atoms with Gasteiger partial charge in [0, 0.05) is 5.69 Å². The zero-order chi connectivity index (χ0) is 13.8. The molecule has 0 aliphatic carbocycles. The summed E-state index contributed by atoms with van der Waals surface area (Å²) in [6, 6.07) is 5.63. The van der Waals surface area contributed by atoms with Gasteiger partial charge in [0.1, 0.15) is 0 Å². The van der Waals surface area contributed by atoms with Crippen LogP contribution in [-0.4, -0.2) is 34.3 Å². The molecule has 0 spiro atoms. The van der Waals surface area contributed by atoms with Crippen molar-refractivity contribution in [3.63, 3.8) is 0 Å². The first-order valence-electron chi connectivity index (χ1n) is 6.04. The number of anilines is 1. The minimum absolute atomic E-state index is 0. The normalized spacial score (nSPS) is 9.48. The lowest BCUT2D eigenvalue weighted by Gasteiger charge is -2.06. The van der Waals surface area contributed by atoms with Gasteiger partial charge in [-0.15, -0.1) is 24.8 Å². The number of halogens is 2. The van der Waals surface area contributed by atoms with E-state index in [0.717, 1.165) is 17.2 Å². The summed E-state index contributed by atoms with van der Waals surface area (Å²) in [5, 5.41) is 9.89. The highest BCUT2D eigenvalue weighted by molar-refractivity contribution is 5.92. The van der Waals surface area contributed by atoms with Crippen LogP contribution < -0.4 is 10.6 Å². The quantitative estimate of drug-likeness (QED) is 0.897. The summed E-state index contributed by atoms with van der Waals surface area (Å²) in [5.74, 6) is 0.639. The molecule has 1 amide bonds. The van der Waals surface area contributed by atoms with Crippen molar-refractivity contribution in [2.45, 2.75) is 13.8 Å².